The van der Waals surface area contributed by atoms with Crippen LogP contribution >= 0.6 is 0 Å². The summed E-state index contributed by atoms with van der Waals surface area (Å²) in [6.07, 6.45) is 0. The summed E-state index contributed by atoms with van der Waals surface area (Å²) in [5, 5.41) is 3.77. The number of nitrogens with zero attached hydrogens (tertiary/aromatic N) is 2. The molecule has 0 atom stereocenters. The van der Waals surface area contributed by atoms with Crippen LogP contribution < -0.4 is 5.32 Å². The summed E-state index contributed by atoms with van der Waals surface area (Å²) >= 11 is 0. The summed E-state index contributed by atoms with van der Waals surface area (Å²) in [4.78, 5) is 32.9. The van der Waals surface area contributed by atoms with E-state index in [0.717, 1.165) is 27.7 Å². The van der Waals surface area contributed by atoms with Crippen LogP contribution in [0.1, 0.15) is 26.3 Å². The number of hydrogen-bond donors (Lipinski definition) is 1. The van der Waals surface area contributed by atoms with Crippen LogP contribution in [0.25, 0.3) is 22.2 Å². The molecule has 1 fully saturated rings. The number of aryl methyl sites for hydroxylation is 1. The Labute approximate surface area is 198 Å². The summed E-state index contributed by atoms with van der Waals surface area (Å²) in [5.74, 6) is -0.304. The average molecular weight is 452 g/mol. The average Bonchev–Trinajstić information content (AvgIpc) is 2.88. The van der Waals surface area contributed by atoms with E-state index < -0.39 is 0 Å². The zero-order valence-electron chi connectivity index (χ0n) is 19.0. The number of fused-ring (bicyclic) bond motifs is 1. The van der Waals surface area contributed by atoms with Gasteiger partial charge in [0.25, 0.3) is 11.8 Å². The zero-order chi connectivity index (χ0) is 23.5. The number of hydrogen-bond acceptors (Lipinski definition) is 4. The first-order valence-corrected chi connectivity index (χ1v) is 11.3. The predicted molar refractivity (Wildman–Crippen MR) is 133 cm³/mol. The Hall–Kier alpha value is -4.03. The van der Waals surface area contributed by atoms with Crippen molar-refractivity contribution in [2.24, 2.45) is 0 Å². The number of carbonyl (C=O) groups excluding carboxylic acids is 2. The maximum absolute atomic E-state index is 13.5. The Balaban J connectivity index is 1.48. The third-order valence-corrected chi connectivity index (χ3v) is 5.94. The highest BCUT2D eigenvalue weighted by Gasteiger charge is 2.20. The van der Waals surface area contributed by atoms with Crippen LogP contribution in [-0.2, 0) is 4.74 Å². The number of aromatic nitrogens is 1. The van der Waals surface area contributed by atoms with Crippen LogP contribution in [-0.4, -0.2) is 48.0 Å². The van der Waals surface area contributed by atoms with Crippen molar-refractivity contribution in [1.29, 1.82) is 0 Å². The lowest BCUT2D eigenvalue weighted by molar-refractivity contribution is 0.0303. The van der Waals surface area contributed by atoms with Gasteiger partial charge in [-0.1, -0.05) is 48.0 Å². The topological polar surface area (TPSA) is 71.5 Å². The summed E-state index contributed by atoms with van der Waals surface area (Å²) in [7, 11) is 0. The molecule has 0 bridgehead atoms. The lowest BCUT2D eigenvalue weighted by Crippen LogP contribution is -2.40. The molecule has 1 N–H and O–H groups in total. The molecule has 1 aromatic heterocycles. The molecule has 4 aromatic rings. The number of nitrogens with one attached hydrogen (secondary N) is 1. The van der Waals surface area contributed by atoms with Crippen molar-refractivity contribution < 1.29 is 14.3 Å². The van der Waals surface area contributed by atoms with Gasteiger partial charge in [-0.15, -0.1) is 0 Å². The molecule has 2 amide bonds. The summed E-state index contributed by atoms with van der Waals surface area (Å²) < 4.78 is 5.34. The van der Waals surface area contributed by atoms with Gasteiger partial charge in [-0.05, 0) is 43.3 Å². The summed E-state index contributed by atoms with van der Waals surface area (Å²) in [5.41, 5.74) is 5.14. The van der Waals surface area contributed by atoms with E-state index in [-0.39, 0.29) is 11.8 Å². The van der Waals surface area contributed by atoms with Crippen LogP contribution in [0.2, 0.25) is 0 Å². The highest BCUT2D eigenvalue weighted by atomic mass is 16.5. The van der Waals surface area contributed by atoms with E-state index in [0.29, 0.717) is 43.1 Å². The predicted octanol–water partition coefficient (Wildman–Crippen LogP) is 4.93. The van der Waals surface area contributed by atoms with Gasteiger partial charge >= 0.3 is 0 Å². The van der Waals surface area contributed by atoms with Crippen LogP contribution in [0.4, 0.5) is 5.69 Å². The van der Waals surface area contributed by atoms with Crippen LogP contribution in [0.5, 0.6) is 0 Å². The fourth-order valence-corrected chi connectivity index (χ4v) is 4.16. The van der Waals surface area contributed by atoms with Crippen molar-refractivity contribution in [2.75, 3.05) is 31.6 Å². The second kappa shape index (κ2) is 9.45. The number of morpholine rings is 1. The molecule has 2 heterocycles. The first-order chi connectivity index (χ1) is 16.6. The molecule has 6 nitrogen and oxygen atoms in total. The minimum absolute atomic E-state index is 0.0595. The molecule has 0 radical (unpaired) electrons. The van der Waals surface area contributed by atoms with E-state index in [1.807, 2.05) is 61.5 Å². The van der Waals surface area contributed by atoms with E-state index in [2.05, 4.69) is 5.32 Å². The van der Waals surface area contributed by atoms with Gasteiger partial charge in [0.05, 0.1) is 30.0 Å². The molecule has 1 saturated heterocycles. The molecule has 0 aliphatic carbocycles. The van der Waals surface area contributed by atoms with Crippen molar-refractivity contribution in [3.8, 4) is 11.3 Å². The smallest absolute Gasteiger partial charge is 0.256 e. The Morgan fingerprint density at radius 2 is 1.71 bits per heavy atom. The van der Waals surface area contributed by atoms with Gasteiger partial charge in [0, 0.05) is 35.3 Å². The Morgan fingerprint density at radius 1 is 0.912 bits per heavy atom. The standard InChI is InChI=1S/C28H25N3O3/c1-19-10-11-25-23(16-19)24(18-26(30-25)20-6-3-2-4-7-20)27(32)29-22-9-5-8-21(17-22)28(33)31-12-14-34-15-13-31/h2-11,16-18H,12-15H2,1H3,(H,29,32). The zero-order valence-corrected chi connectivity index (χ0v) is 19.0. The number of amides is 2. The van der Waals surface area contributed by atoms with Crippen molar-refractivity contribution in [2.45, 2.75) is 6.92 Å². The molecule has 1 aliphatic heterocycles. The molecule has 0 unspecified atom stereocenters. The third kappa shape index (κ3) is 4.54. The molecule has 0 saturated carbocycles. The number of pyridine rings is 1. The molecule has 0 spiro atoms. The maximum Gasteiger partial charge on any atom is 0.256 e. The largest absolute Gasteiger partial charge is 0.378 e. The molecular formula is C28H25N3O3. The lowest BCUT2D eigenvalue weighted by Gasteiger charge is -2.27. The second-order valence-electron chi connectivity index (χ2n) is 8.38. The number of carbonyl (C=O) groups is 2. The van der Waals surface area contributed by atoms with Crippen molar-refractivity contribution >= 4 is 28.4 Å². The molecule has 170 valence electrons. The molecule has 5 rings (SSSR count). The Bertz CT molecular complexity index is 1360. The van der Waals surface area contributed by atoms with Gasteiger partial charge in [0.2, 0.25) is 0 Å². The number of benzene rings is 3. The van der Waals surface area contributed by atoms with Crippen LogP contribution in [0, 0.1) is 6.92 Å². The van der Waals surface area contributed by atoms with Gasteiger partial charge in [-0.25, -0.2) is 4.98 Å². The van der Waals surface area contributed by atoms with Crippen molar-refractivity contribution in [1.82, 2.24) is 9.88 Å². The first-order valence-electron chi connectivity index (χ1n) is 11.3. The first kappa shape index (κ1) is 21.8. The van der Waals surface area contributed by atoms with Crippen LogP contribution in [0.3, 0.4) is 0 Å². The lowest BCUT2D eigenvalue weighted by atomic mass is 10.0. The Kier molecular flexibility index (Phi) is 6.06. The number of anilines is 1. The number of ether oxygens (including phenoxy) is 1. The normalized spacial score (nSPS) is 13.6. The Morgan fingerprint density at radius 3 is 2.50 bits per heavy atom. The van der Waals surface area contributed by atoms with E-state index >= 15 is 0 Å². The number of rotatable bonds is 4. The maximum atomic E-state index is 13.5. The van der Waals surface area contributed by atoms with E-state index in [9.17, 15) is 9.59 Å². The molecule has 1 aliphatic rings. The van der Waals surface area contributed by atoms with Crippen molar-refractivity contribution in [3.05, 3.63) is 95.6 Å². The van der Waals surface area contributed by atoms with Gasteiger partial charge < -0.3 is 15.0 Å². The molecular weight excluding hydrogens is 426 g/mol. The fraction of sp³-hybridized carbons (Fsp3) is 0.179. The van der Waals surface area contributed by atoms with Crippen molar-refractivity contribution in [3.63, 3.8) is 0 Å². The van der Waals surface area contributed by atoms with Gasteiger partial charge in [0.15, 0.2) is 0 Å². The molecule has 3 aromatic carbocycles. The fourth-order valence-electron chi connectivity index (χ4n) is 4.16. The molecule has 6 heteroatoms. The van der Waals surface area contributed by atoms with Gasteiger partial charge in [-0.2, -0.15) is 0 Å². The van der Waals surface area contributed by atoms with E-state index in [4.69, 9.17) is 9.72 Å². The summed E-state index contributed by atoms with van der Waals surface area (Å²) in [6, 6.07) is 24.6. The SMILES string of the molecule is Cc1ccc2nc(-c3ccccc3)cc(C(=O)Nc3cccc(C(=O)N4CCOCC4)c3)c2c1. The minimum Gasteiger partial charge on any atom is -0.378 e. The van der Waals surface area contributed by atoms with E-state index in [1.54, 1.807) is 29.2 Å². The third-order valence-electron chi connectivity index (χ3n) is 5.94. The second-order valence-corrected chi connectivity index (χ2v) is 8.38. The quantitative estimate of drug-likeness (QED) is 0.477. The highest BCUT2D eigenvalue weighted by molar-refractivity contribution is 6.13. The van der Waals surface area contributed by atoms with Gasteiger partial charge in [0.1, 0.15) is 0 Å². The summed E-state index contributed by atoms with van der Waals surface area (Å²) in [6.45, 7) is 4.22. The molecule has 34 heavy (non-hydrogen) atoms. The van der Waals surface area contributed by atoms with Crippen LogP contribution in [0.15, 0.2) is 78.9 Å². The monoisotopic (exact) mass is 451 g/mol. The highest BCUT2D eigenvalue weighted by Crippen LogP contribution is 2.26. The van der Waals surface area contributed by atoms with E-state index in [1.165, 1.54) is 0 Å². The minimum atomic E-state index is -0.244. The van der Waals surface area contributed by atoms with Gasteiger partial charge in [-0.3, -0.25) is 9.59 Å².